The van der Waals surface area contributed by atoms with Gasteiger partial charge in [-0.3, -0.25) is 4.79 Å². The molecule has 90 valence electrons. The maximum Gasteiger partial charge on any atom is 0.325 e. The normalized spacial score (nSPS) is 16.5. The van der Waals surface area contributed by atoms with E-state index in [1.165, 1.54) is 0 Å². The minimum atomic E-state index is -0.959. The predicted molar refractivity (Wildman–Crippen MR) is 60.8 cm³/mol. The topological polar surface area (TPSA) is 70.1 Å². The third kappa shape index (κ3) is 3.06. The Morgan fingerprint density at radius 3 is 2.88 bits per heavy atom. The number of rotatable bonds is 5. The molecule has 0 saturated carbocycles. The van der Waals surface area contributed by atoms with E-state index in [1.807, 2.05) is 17.7 Å². The van der Waals surface area contributed by atoms with Crippen LogP contribution in [0, 0.1) is 0 Å². The molecule has 0 aromatic carbocycles. The third-order valence-electron chi connectivity index (χ3n) is 2.50. The van der Waals surface area contributed by atoms with Gasteiger partial charge in [-0.05, 0) is 27.2 Å². The van der Waals surface area contributed by atoms with Gasteiger partial charge in [0.15, 0.2) is 0 Å². The first-order valence-electron chi connectivity index (χ1n) is 5.41. The Labute approximate surface area is 95.6 Å². The number of imidazole rings is 1. The van der Waals surface area contributed by atoms with E-state index in [9.17, 15) is 4.79 Å². The second-order valence-electron chi connectivity index (χ2n) is 4.20. The van der Waals surface area contributed by atoms with E-state index in [1.54, 1.807) is 26.4 Å². The van der Waals surface area contributed by atoms with Crippen molar-refractivity contribution in [2.24, 2.45) is 5.73 Å². The maximum atomic E-state index is 11.6. The van der Waals surface area contributed by atoms with Crippen molar-refractivity contribution >= 4 is 5.97 Å². The van der Waals surface area contributed by atoms with Gasteiger partial charge in [0.2, 0.25) is 0 Å². The van der Waals surface area contributed by atoms with Crippen LogP contribution >= 0.6 is 0 Å². The Morgan fingerprint density at radius 1 is 1.69 bits per heavy atom. The highest BCUT2D eigenvalue weighted by atomic mass is 16.5. The van der Waals surface area contributed by atoms with Gasteiger partial charge in [0.1, 0.15) is 5.54 Å². The standard InChI is InChI=1S/C11H19N3O2/c1-4-16-10(15)11(3,12)7-9(2)14-6-5-13-8-14/h5-6,8-9H,4,7,12H2,1-3H3. The Balaban J connectivity index is 2.62. The molecule has 0 bridgehead atoms. The maximum absolute atomic E-state index is 11.6. The quantitative estimate of drug-likeness (QED) is 0.762. The fraction of sp³-hybridized carbons (Fsp3) is 0.636. The van der Waals surface area contributed by atoms with Gasteiger partial charge in [0.25, 0.3) is 0 Å². The lowest BCUT2D eigenvalue weighted by atomic mass is 9.95. The smallest absolute Gasteiger partial charge is 0.325 e. The van der Waals surface area contributed by atoms with E-state index >= 15 is 0 Å². The van der Waals surface area contributed by atoms with Crippen LogP contribution < -0.4 is 5.73 Å². The minimum absolute atomic E-state index is 0.113. The lowest BCUT2D eigenvalue weighted by Gasteiger charge is -2.26. The molecule has 16 heavy (non-hydrogen) atoms. The molecular weight excluding hydrogens is 206 g/mol. The fourth-order valence-electron chi connectivity index (χ4n) is 1.63. The lowest BCUT2D eigenvalue weighted by molar-refractivity contribution is -0.149. The number of nitrogens with two attached hydrogens (primary N) is 1. The van der Waals surface area contributed by atoms with Gasteiger partial charge in [0, 0.05) is 18.4 Å². The Bertz CT molecular complexity index is 333. The molecular formula is C11H19N3O2. The molecule has 1 aromatic heterocycles. The molecule has 0 saturated heterocycles. The van der Waals surface area contributed by atoms with E-state index in [0.717, 1.165) is 0 Å². The molecule has 2 atom stereocenters. The van der Waals surface area contributed by atoms with Crippen molar-refractivity contribution < 1.29 is 9.53 Å². The van der Waals surface area contributed by atoms with E-state index in [2.05, 4.69) is 4.98 Å². The monoisotopic (exact) mass is 225 g/mol. The van der Waals surface area contributed by atoms with E-state index in [-0.39, 0.29) is 12.0 Å². The van der Waals surface area contributed by atoms with Crippen LogP contribution in [0.25, 0.3) is 0 Å². The molecule has 0 aliphatic heterocycles. The van der Waals surface area contributed by atoms with Crippen LogP contribution in [-0.2, 0) is 9.53 Å². The van der Waals surface area contributed by atoms with Crippen molar-refractivity contribution in [2.45, 2.75) is 38.8 Å². The van der Waals surface area contributed by atoms with Crippen molar-refractivity contribution in [3.63, 3.8) is 0 Å². The van der Waals surface area contributed by atoms with Crippen LogP contribution in [0.4, 0.5) is 0 Å². The molecule has 0 radical (unpaired) electrons. The molecule has 0 spiro atoms. The number of carbonyl (C=O) groups excluding carboxylic acids is 1. The number of aromatic nitrogens is 2. The molecule has 2 unspecified atom stereocenters. The van der Waals surface area contributed by atoms with Crippen LogP contribution in [-0.4, -0.2) is 27.7 Å². The zero-order chi connectivity index (χ0) is 12.2. The third-order valence-corrected chi connectivity index (χ3v) is 2.50. The van der Waals surface area contributed by atoms with E-state index in [4.69, 9.17) is 10.5 Å². The van der Waals surface area contributed by atoms with Crippen molar-refractivity contribution in [3.8, 4) is 0 Å². The summed E-state index contributed by atoms with van der Waals surface area (Å²) in [6, 6.07) is 0.113. The summed E-state index contributed by atoms with van der Waals surface area (Å²) >= 11 is 0. The molecule has 0 aliphatic carbocycles. The molecule has 2 N–H and O–H groups in total. The second kappa shape index (κ2) is 5.12. The largest absolute Gasteiger partial charge is 0.465 e. The van der Waals surface area contributed by atoms with Crippen molar-refractivity contribution in [1.82, 2.24) is 9.55 Å². The van der Waals surface area contributed by atoms with Crippen LogP contribution in [0.2, 0.25) is 0 Å². The molecule has 0 amide bonds. The highest BCUT2D eigenvalue weighted by molar-refractivity contribution is 5.80. The summed E-state index contributed by atoms with van der Waals surface area (Å²) in [6.07, 6.45) is 5.79. The predicted octanol–water partition coefficient (Wildman–Crippen LogP) is 1.11. The average Bonchev–Trinajstić information content (AvgIpc) is 2.70. The highest BCUT2D eigenvalue weighted by Gasteiger charge is 2.32. The second-order valence-corrected chi connectivity index (χ2v) is 4.20. The van der Waals surface area contributed by atoms with E-state index in [0.29, 0.717) is 13.0 Å². The van der Waals surface area contributed by atoms with E-state index < -0.39 is 5.54 Å². The van der Waals surface area contributed by atoms with Gasteiger partial charge in [-0.1, -0.05) is 0 Å². The number of hydrogen-bond acceptors (Lipinski definition) is 4. The van der Waals surface area contributed by atoms with Crippen LogP contribution in [0.15, 0.2) is 18.7 Å². The number of ether oxygens (including phenoxy) is 1. The lowest BCUT2D eigenvalue weighted by Crippen LogP contribution is -2.47. The molecule has 1 heterocycles. The first kappa shape index (κ1) is 12.7. The molecule has 1 rings (SSSR count). The van der Waals surface area contributed by atoms with Crippen LogP contribution in [0.5, 0.6) is 0 Å². The summed E-state index contributed by atoms with van der Waals surface area (Å²) in [5.41, 5.74) is 4.99. The number of hydrogen-bond donors (Lipinski definition) is 1. The highest BCUT2D eigenvalue weighted by Crippen LogP contribution is 2.19. The van der Waals surface area contributed by atoms with Crippen LogP contribution in [0.3, 0.4) is 0 Å². The number of carbonyl (C=O) groups is 1. The molecule has 1 aromatic rings. The van der Waals surface area contributed by atoms with Crippen molar-refractivity contribution in [2.75, 3.05) is 6.61 Å². The summed E-state index contributed by atoms with van der Waals surface area (Å²) in [5, 5.41) is 0. The SMILES string of the molecule is CCOC(=O)C(C)(N)CC(C)n1ccnc1. The summed E-state index contributed by atoms with van der Waals surface area (Å²) < 4.78 is 6.86. The summed E-state index contributed by atoms with van der Waals surface area (Å²) in [7, 11) is 0. The van der Waals surface area contributed by atoms with Gasteiger partial charge >= 0.3 is 5.97 Å². The first-order valence-corrected chi connectivity index (χ1v) is 5.41. The molecule has 0 aliphatic rings. The van der Waals surface area contributed by atoms with Gasteiger partial charge in [0.05, 0.1) is 12.9 Å². The zero-order valence-electron chi connectivity index (χ0n) is 10.0. The average molecular weight is 225 g/mol. The molecule has 5 nitrogen and oxygen atoms in total. The summed E-state index contributed by atoms with van der Waals surface area (Å²) in [5.74, 6) is -0.359. The molecule has 5 heteroatoms. The van der Waals surface area contributed by atoms with Gasteiger partial charge in [-0.2, -0.15) is 0 Å². The minimum Gasteiger partial charge on any atom is -0.465 e. The number of esters is 1. The zero-order valence-corrected chi connectivity index (χ0v) is 10.0. The number of nitrogens with zero attached hydrogens (tertiary/aromatic N) is 2. The van der Waals surface area contributed by atoms with Gasteiger partial charge < -0.3 is 15.0 Å². The Morgan fingerprint density at radius 2 is 2.38 bits per heavy atom. The Kier molecular flexibility index (Phi) is 4.06. The van der Waals surface area contributed by atoms with Gasteiger partial charge in [-0.15, -0.1) is 0 Å². The summed E-state index contributed by atoms with van der Waals surface area (Å²) in [4.78, 5) is 15.6. The first-order chi connectivity index (χ1) is 7.47. The van der Waals surface area contributed by atoms with Gasteiger partial charge in [-0.25, -0.2) is 4.98 Å². The summed E-state index contributed by atoms with van der Waals surface area (Å²) in [6.45, 7) is 5.81. The Hall–Kier alpha value is -1.36. The van der Waals surface area contributed by atoms with Crippen molar-refractivity contribution in [1.29, 1.82) is 0 Å². The van der Waals surface area contributed by atoms with Crippen LogP contribution in [0.1, 0.15) is 33.2 Å². The molecule has 0 fully saturated rings. The van der Waals surface area contributed by atoms with Crippen molar-refractivity contribution in [3.05, 3.63) is 18.7 Å². The fourth-order valence-corrected chi connectivity index (χ4v) is 1.63.